The molecule has 1 aromatic heterocycles. The molecule has 7 heteroatoms. The molecule has 0 bridgehead atoms. The molecule has 1 amide bonds. The van der Waals surface area contributed by atoms with E-state index in [1.165, 1.54) is 12.0 Å². The summed E-state index contributed by atoms with van der Waals surface area (Å²) in [6.45, 7) is 2.84. The summed E-state index contributed by atoms with van der Waals surface area (Å²) < 4.78 is 6.67. The molecule has 3 aromatic rings. The number of anilines is 1. The maximum absolute atomic E-state index is 12.6. The van der Waals surface area contributed by atoms with Gasteiger partial charge in [-0.1, -0.05) is 23.7 Å². The molecule has 0 radical (unpaired) electrons. The first-order valence-corrected chi connectivity index (χ1v) is 10.4. The number of hydrogen-bond acceptors (Lipinski definition) is 2. The highest BCUT2D eigenvalue weighted by Gasteiger charge is 2.25. The SMILES string of the molecule is C[N+](C)(Cc1ccc(NC(=O)c2cc3cc(Cl)ccc3[nH]2)cc1)C[C@@H]1CCCO1.[Cl-]. The van der Waals surface area contributed by atoms with Crippen molar-refractivity contribution in [3.8, 4) is 0 Å². The number of ether oxygens (including phenoxy) is 1. The summed E-state index contributed by atoms with van der Waals surface area (Å²) in [6, 6.07) is 15.4. The number of carbonyl (C=O) groups excluding carboxylic acids is 1. The van der Waals surface area contributed by atoms with Gasteiger partial charge in [0.05, 0.1) is 14.1 Å². The fourth-order valence-electron chi connectivity index (χ4n) is 4.02. The van der Waals surface area contributed by atoms with Crippen molar-refractivity contribution in [1.29, 1.82) is 0 Å². The second-order valence-electron chi connectivity index (χ2n) is 8.48. The molecule has 0 spiro atoms. The fourth-order valence-corrected chi connectivity index (χ4v) is 4.20. The summed E-state index contributed by atoms with van der Waals surface area (Å²) >= 11 is 6.02. The van der Waals surface area contributed by atoms with Crippen molar-refractivity contribution in [1.82, 2.24) is 4.98 Å². The molecule has 160 valence electrons. The van der Waals surface area contributed by atoms with Crippen molar-refractivity contribution in [3.05, 3.63) is 64.8 Å². The van der Waals surface area contributed by atoms with Crippen molar-refractivity contribution in [3.63, 3.8) is 0 Å². The van der Waals surface area contributed by atoms with Gasteiger partial charge in [-0.15, -0.1) is 0 Å². The van der Waals surface area contributed by atoms with Crippen molar-refractivity contribution >= 4 is 34.1 Å². The minimum Gasteiger partial charge on any atom is -1.00 e. The van der Waals surface area contributed by atoms with Crippen LogP contribution in [0.15, 0.2) is 48.5 Å². The van der Waals surface area contributed by atoms with E-state index in [0.29, 0.717) is 16.8 Å². The van der Waals surface area contributed by atoms with Gasteiger partial charge in [0.15, 0.2) is 0 Å². The van der Waals surface area contributed by atoms with E-state index in [1.807, 2.05) is 30.3 Å². The number of nitrogens with zero attached hydrogens (tertiary/aromatic N) is 1. The van der Waals surface area contributed by atoms with E-state index in [9.17, 15) is 4.79 Å². The smallest absolute Gasteiger partial charge is 0.272 e. The highest BCUT2D eigenvalue weighted by atomic mass is 35.5. The lowest BCUT2D eigenvalue weighted by molar-refractivity contribution is -0.906. The molecule has 0 unspecified atom stereocenters. The molecule has 1 atom stereocenters. The van der Waals surface area contributed by atoms with E-state index in [-0.39, 0.29) is 18.3 Å². The summed E-state index contributed by atoms with van der Waals surface area (Å²) in [5, 5.41) is 4.53. The Morgan fingerprint density at radius 2 is 1.97 bits per heavy atom. The number of aromatic nitrogens is 1. The van der Waals surface area contributed by atoms with E-state index in [1.54, 1.807) is 6.07 Å². The first-order chi connectivity index (χ1) is 13.9. The summed E-state index contributed by atoms with van der Waals surface area (Å²) in [5.41, 5.74) is 3.42. The Balaban J connectivity index is 0.00000256. The van der Waals surface area contributed by atoms with Crippen LogP contribution in [0.5, 0.6) is 0 Å². The van der Waals surface area contributed by atoms with Crippen molar-refractivity contribution < 1.29 is 26.4 Å². The third-order valence-electron chi connectivity index (χ3n) is 5.37. The maximum Gasteiger partial charge on any atom is 0.272 e. The average Bonchev–Trinajstić information content (AvgIpc) is 3.31. The van der Waals surface area contributed by atoms with Crippen LogP contribution in [-0.2, 0) is 11.3 Å². The number of fused-ring (bicyclic) bond motifs is 1. The maximum atomic E-state index is 12.6. The summed E-state index contributed by atoms with van der Waals surface area (Å²) in [4.78, 5) is 15.7. The number of carbonyl (C=O) groups is 1. The normalized spacial score (nSPS) is 16.4. The van der Waals surface area contributed by atoms with Gasteiger partial charge >= 0.3 is 0 Å². The predicted molar refractivity (Wildman–Crippen MR) is 117 cm³/mol. The summed E-state index contributed by atoms with van der Waals surface area (Å²) in [7, 11) is 4.47. The van der Waals surface area contributed by atoms with E-state index < -0.39 is 0 Å². The standard InChI is InChI=1S/C23H26ClN3O2.ClH/c1-27(2,15-20-4-3-11-29-20)14-16-5-8-19(9-6-16)25-23(28)22-13-17-12-18(24)7-10-21(17)26-22;/h5-10,12-13,20H,3-4,11,14-15H2,1-2H3,(H-,25,26,28);1H/t20-;/m0./s1. The number of likely N-dealkylation sites (N-methyl/N-ethyl adjacent to an activating group) is 1. The second kappa shape index (κ2) is 9.40. The van der Waals surface area contributed by atoms with Crippen LogP contribution in [0.1, 0.15) is 28.9 Å². The molecule has 2 heterocycles. The zero-order chi connectivity index (χ0) is 20.4. The summed E-state index contributed by atoms with van der Waals surface area (Å²) in [6.07, 6.45) is 2.70. The van der Waals surface area contributed by atoms with Gasteiger partial charge in [-0.25, -0.2) is 0 Å². The Hall–Kier alpha value is -2.05. The van der Waals surface area contributed by atoms with Gasteiger partial charge in [-0.05, 0) is 49.2 Å². The van der Waals surface area contributed by atoms with Gasteiger partial charge in [0.1, 0.15) is 24.9 Å². The number of nitrogens with one attached hydrogen (secondary N) is 2. The van der Waals surface area contributed by atoms with Crippen molar-refractivity contribution in [2.45, 2.75) is 25.5 Å². The molecule has 2 aromatic carbocycles. The predicted octanol–water partition coefficient (Wildman–Crippen LogP) is 1.83. The van der Waals surface area contributed by atoms with Crippen LogP contribution in [0.3, 0.4) is 0 Å². The second-order valence-corrected chi connectivity index (χ2v) is 8.91. The minimum absolute atomic E-state index is 0. The Bertz CT molecular complexity index is 1010. The molecule has 1 aliphatic heterocycles. The van der Waals surface area contributed by atoms with Crippen LogP contribution in [0, 0.1) is 0 Å². The van der Waals surface area contributed by atoms with Gasteiger partial charge in [0.2, 0.25) is 0 Å². The molecular weight excluding hydrogens is 421 g/mol. The quantitative estimate of drug-likeness (QED) is 0.566. The van der Waals surface area contributed by atoms with Crippen LogP contribution >= 0.6 is 11.6 Å². The number of quaternary nitrogens is 1. The number of amides is 1. The molecule has 30 heavy (non-hydrogen) atoms. The molecule has 1 saturated heterocycles. The van der Waals surface area contributed by atoms with E-state index in [4.69, 9.17) is 16.3 Å². The fraction of sp³-hybridized carbons (Fsp3) is 0.348. The highest BCUT2D eigenvalue weighted by molar-refractivity contribution is 6.31. The molecule has 2 N–H and O–H groups in total. The van der Waals surface area contributed by atoms with Crippen LogP contribution in [0.4, 0.5) is 5.69 Å². The number of benzene rings is 2. The monoisotopic (exact) mass is 447 g/mol. The number of hydrogen-bond donors (Lipinski definition) is 2. The largest absolute Gasteiger partial charge is 1.00 e. The number of H-pyrrole nitrogens is 1. The summed E-state index contributed by atoms with van der Waals surface area (Å²) in [5.74, 6) is -0.167. The van der Waals surface area contributed by atoms with Crippen molar-refractivity contribution in [2.24, 2.45) is 0 Å². The van der Waals surface area contributed by atoms with Crippen LogP contribution < -0.4 is 17.7 Å². The molecular formula is C23H27Cl2N3O2. The van der Waals surface area contributed by atoms with Gasteiger partial charge in [0, 0.05) is 33.8 Å². The van der Waals surface area contributed by atoms with Crippen LogP contribution in [0.25, 0.3) is 10.9 Å². The average molecular weight is 448 g/mol. The zero-order valence-corrected chi connectivity index (χ0v) is 18.8. The molecule has 5 nitrogen and oxygen atoms in total. The van der Waals surface area contributed by atoms with Gasteiger partial charge in [-0.2, -0.15) is 0 Å². The van der Waals surface area contributed by atoms with Gasteiger partial charge in [0.25, 0.3) is 5.91 Å². The van der Waals surface area contributed by atoms with Crippen LogP contribution in [-0.4, -0.2) is 48.7 Å². The van der Waals surface area contributed by atoms with E-state index in [2.05, 4.69) is 36.5 Å². The minimum atomic E-state index is -0.167. The topological polar surface area (TPSA) is 54.1 Å². The number of rotatable bonds is 6. The van der Waals surface area contributed by atoms with Gasteiger partial charge in [-0.3, -0.25) is 4.79 Å². The Labute approximate surface area is 188 Å². The zero-order valence-electron chi connectivity index (χ0n) is 17.3. The van der Waals surface area contributed by atoms with E-state index >= 15 is 0 Å². The lowest BCUT2D eigenvalue weighted by Gasteiger charge is -2.32. The third-order valence-corrected chi connectivity index (χ3v) is 5.61. The number of aromatic amines is 1. The Kier molecular flexibility index (Phi) is 7.09. The molecule has 0 saturated carbocycles. The molecule has 0 aliphatic carbocycles. The Morgan fingerprint density at radius 1 is 1.20 bits per heavy atom. The molecule has 4 rings (SSSR count). The Morgan fingerprint density at radius 3 is 2.67 bits per heavy atom. The third kappa shape index (κ3) is 5.55. The molecule has 1 fully saturated rings. The number of halogens is 2. The van der Waals surface area contributed by atoms with Crippen LogP contribution in [0.2, 0.25) is 5.02 Å². The lowest BCUT2D eigenvalue weighted by Crippen LogP contribution is -3.00. The van der Waals surface area contributed by atoms with Crippen molar-refractivity contribution in [2.75, 3.05) is 32.6 Å². The first-order valence-electron chi connectivity index (χ1n) is 10.0. The highest BCUT2D eigenvalue weighted by Crippen LogP contribution is 2.22. The van der Waals surface area contributed by atoms with Gasteiger partial charge < -0.3 is 31.9 Å². The lowest BCUT2D eigenvalue weighted by atomic mass is 10.1. The van der Waals surface area contributed by atoms with E-state index in [0.717, 1.165) is 47.2 Å². The molecule has 1 aliphatic rings. The first kappa shape index (κ1) is 22.6.